The van der Waals surface area contributed by atoms with Gasteiger partial charge in [-0.15, -0.1) is 0 Å². The normalized spacial score (nSPS) is 15.9. The van der Waals surface area contributed by atoms with Crippen LogP contribution in [0.25, 0.3) is 0 Å². The molecule has 98 valence electrons. The molecule has 0 saturated carbocycles. The molecule has 1 amide bonds. The molecule has 0 aliphatic carbocycles. The summed E-state index contributed by atoms with van der Waals surface area (Å²) in [5.41, 5.74) is 1.47. The van der Waals surface area contributed by atoms with Crippen LogP contribution in [-0.2, 0) is 4.79 Å². The summed E-state index contributed by atoms with van der Waals surface area (Å²) in [4.78, 5) is 11.2. The van der Waals surface area contributed by atoms with Gasteiger partial charge in [-0.3, -0.25) is 4.79 Å². The molecule has 0 radical (unpaired) electrons. The van der Waals surface area contributed by atoms with Crippen LogP contribution >= 0.6 is 0 Å². The van der Waals surface area contributed by atoms with Crippen LogP contribution in [0.2, 0.25) is 0 Å². The van der Waals surface area contributed by atoms with Gasteiger partial charge in [-0.1, -0.05) is 19.9 Å². The second-order valence-electron chi connectivity index (χ2n) is 5.08. The molecule has 1 heterocycles. The summed E-state index contributed by atoms with van der Waals surface area (Å²) in [6.07, 6.45) is 1.21. The van der Waals surface area contributed by atoms with Gasteiger partial charge in [-0.25, -0.2) is 0 Å². The molecule has 18 heavy (non-hydrogen) atoms. The molecule has 0 spiro atoms. The van der Waals surface area contributed by atoms with Gasteiger partial charge in [0.2, 0.25) is 0 Å². The van der Waals surface area contributed by atoms with Gasteiger partial charge >= 0.3 is 0 Å². The van der Waals surface area contributed by atoms with Crippen molar-refractivity contribution in [1.82, 2.24) is 0 Å². The number of rotatable bonds is 4. The third-order valence-corrected chi connectivity index (χ3v) is 3.04. The van der Waals surface area contributed by atoms with E-state index in [1.54, 1.807) is 12.1 Å². The first-order valence-corrected chi connectivity index (χ1v) is 6.31. The lowest BCUT2D eigenvalue weighted by Crippen LogP contribution is -2.25. The largest absolute Gasteiger partial charge is 0.482 e. The Morgan fingerprint density at radius 3 is 2.89 bits per heavy atom. The first-order chi connectivity index (χ1) is 8.56. The number of amides is 1. The molecule has 0 aromatic heterocycles. The number of hydrogen-bond donors (Lipinski definition) is 2. The van der Waals surface area contributed by atoms with Gasteiger partial charge in [0, 0.05) is 0 Å². The molecule has 1 aromatic rings. The topological polar surface area (TPSA) is 58.6 Å². The van der Waals surface area contributed by atoms with Crippen LogP contribution in [-0.4, -0.2) is 17.6 Å². The van der Waals surface area contributed by atoms with E-state index in [2.05, 4.69) is 19.2 Å². The number of nitrogens with one attached hydrogen (secondary N) is 1. The van der Waals surface area contributed by atoms with Crippen LogP contribution in [0.4, 0.5) is 5.69 Å². The first-order valence-electron chi connectivity index (χ1n) is 6.31. The van der Waals surface area contributed by atoms with E-state index < -0.39 is 6.10 Å². The molecule has 0 bridgehead atoms. The number of benzene rings is 1. The Labute approximate surface area is 107 Å². The monoisotopic (exact) mass is 249 g/mol. The lowest BCUT2D eigenvalue weighted by molar-refractivity contribution is -0.118. The molecule has 0 fully saturated rings. The van der Waals surface area contributed by atoms with E-state index >= 15 is 0 Å². The number of aliphatic hydroxyl groups is 1. The van der Waals surface area contributed by atoms with Crippen LogP contribution in [0, 0.1) is 5.92 Å². The fourth-order valence-corrected chi connectivity index (χ4v) is 1.97. The molecule has 1 aromatic carbocycles. The molecule has 0 saturated heterocycles. The zero-order chi connectivity index (χ0) is 13.1. The second-order valence-corrected chi connectivity index (χ2v) is 5.08. The highest BCUT2D eigenvalue weighted by molar-refractivity contribution is 5.95. The van der Waals surface area contributed by atoms with Crippen LogP contribution in [0.1, 0.15) is 38.4 Å². The van der Waals surface area contributed by atoms with Gasteiger partial charge in [0.1, 0.15) is 5.75 Å². The number of carbonyl (C=O) groups excluding carboxylic acids is 1. The Hall–Kier alpha value is -1.55. The van der Waals surface area contributed by atoms with E-state index in [4.69, 9.17) is 4.74 Å². The molecule has 1 aliphatic heterocycles. The predicted molar refractivity (Wildman–Crippen MR) is 69.6 cm³/mol. The lowest BCUT2D eigenvalue weighted by atomic mass is 9.99. The zero-order valence-electron chi connectivity index (χ0n) is 10.8. The molecule has 4 heteroatoms. The van der Waals surface area contributed by atoms with Crippen LogP contribution in [0.3, 0.4) is 0 Å². The summed E-state index contributed by atoms with van der Waals surface area (Å²) < 4.78 is 5.27. The van der Waals surface area contributed by atoms with Crippen molar-refractivity contribution in [2.24, 2.45) is 5.92 Å². The van der Waals surface area contributed by atoms with Crippen molar-refractivity contribution < 1.29 is 14.6 Å². The Morgan fingerprint density at radius 2 is 2.17 bits per heavy atom. The van der Waals surface area contributed by atoms with Gasteiger partial charge in [0.15, 0.2) is 6.61 Å². The summed E-state index contributed by atoms with van der Waals surface area (Å²) in [6.45, 7) is 4.32. The SMILES string of the molecule is CC(C)CCC(O)c1ccc2c(c1)NC(=O)CO2. The van der Waals surface area contributed by atoms with Crippen molar-refractivity contribution in [2.75, 3.05) is 11.9 Å². The molecular weight excluding hydrogens is 230 g/mol. The van der Waals surface area contributed by atoms with Crippen molar-refractivity contribution in [1.29, 1.82) is 0 Å². The van der Waals surface area contributed by atoms with E-state index in [9.17, 15) is 9.90 Å². The maximum atomic E-state index is 11.2. The molecule has 2 rings (SSSR count). The fourth-order valence-electron chi connectivity index (χ4n) is 1.97. The number of anilines is 1. The van der Waals surface area contributed by atoms with Crippen molar-refractivity contribution in [3.8, 4) is 5.75 Å². The van der Waals surface area contributed by atoms with Crippen molar-refractivity contribution in [2.45, 2.75) is 32.8 Å². The van der Waals surface area contributed by atoms with Crippen LogP contribution < -0.4 is 10.1 Å². The number of fused-ring (bicyclic) bond motifs is 1. The molecule has 4 nitrogen and oxygen atoms in total. The molecule has 1 atom stereocenters. The minimum absolute atomic E-state index is 0.0578. The minimum atomic E-state index is -0.489. The molecule has 1 unspecified atom stereocenters. The Morgan fingerprint density at radius 1 is 1.39 bits per heavy atom. The fraction of sp³-hybridized carbons (Fsp3) is 0.500. The summed E-state index contributed by atoms with van der Waals surface area (Å²) in [6, 6.07) is 5.43. The van der Waals surface area contributed by atoms with Gasteiger partial charge in [0.05, 0.1) is 11.8 Å². The predicted octanol–water partition coefficient (Wildman–Crippen LogP) is 2.49. The summed E-state index contributed by atoms with van der Waals surface area (Å²) in [5.74, 6) is 1.08. The van der Waals surface area contributed by atoms with Gasteiger partial charge in [-0.05, 0) is 36.5 Å². The standard InChI is InChI=1S/C14H19NO3/c1-9(2)3-5-12(16)10-4-6-13-11(7-10)15-14(17)8-18-13/h4,6-7,9,12,16H,3,5,8H2,1-2H3,(H,15,17). The van der Waals surface area contributed by atoms with Crippen LogP contribution in [0.5, 0.6) is 5.75 Å². The Balaban J connectivity index is 2.10. The van der Waals surface area contributed by atoms with E-state index in [1.165, 1.54) is 0 Å². The maximum absolute atomic E-state index is 11.2. The average molecular weight is 249 g/mol. The van der Waals surface area contributed by atoms with E-state index in [0.717, 1.165) is 18.4 Å². The minimum Gasteiger partial charge on any atom is -0.482 e. The van der Waals surface area contributed by atoms with Crippen molar-refractivity contribution in [3.63, 3.8) is 0 Å². The quantitative estimate of drug-likeness (QED) is 0.862. The summed E-state index contributed by atoms with van der Waals surface area (Å²) in [7, 11) is 0. The second kappa shape index (κ2) is 5.40. The zero-order valence-corrected chi connectivity index (χ0v) is 10.8. The molecular formula is C14H19NO3. The Kier molecular flexibility index (Phi) is 3.87. The Bertz CT molecular complexity index is 443. The first kappa shape index (κ1) is 12.9. The molecule has 1 aliphatic rings. The van der Waals surface area contributed by atoms with E-state index in [-0.39, 0.29) is 12.5 Å². The maximum Gasteiger partial charge on any atom is 0.262 e. The number of aliphatic hydroxyl groups excluding tert-OH is 1. The van der Waals surface area contributed by atoms with Gasteiger partial charge in [-0.2, -0.15) is 0 Å². The number of hydrogen-bond acceptors (Lipinski definition) is 3. The van der Waals surface area contributed by atoms with Gasteiger partial charge in [0.25, 0.3) is 5.91 Å². The highest BCUT2D eigenvalue weighted by Crippen LogP contribution is 2.31. The summed E-state index contributed by atoms with van der Waals surface area (Å²) >= 11 is 0. The summed E-state index contributed by atoms with van der Waals surface area (Å²) in [5, 5.41) is 12.8. The highest BCUT2D eigenvalue weighted by atomic mass is 16.5. The number of carbonyl (C=O) groups is 1. The third kappa shape index (κ3) is 3.01. The van der Waals surface area contributed by atoms with Crippen molar-refractivity contribution >= 4 is 11.6 Å². The number of ether oxygens (including phenoxy) is 1. The average Bonchev–Trinajstić information content (AvgIpc) is 2.34. The van der Waals surface area contributed by atoms with E-state index in [1.807, 2.05) is 6.07 Å². The van der Waals surface area contributed by atoms with Crippen LogP contribution in [0.15, 0.2) is 18.2 Å². The third-order valence-electron chi connectivity index (χ3n) is 3.04. The van der Waals surface area contributed by atoms with Crippen molar-refractivity contribution in [3.05, 3.63) is 23.8 Å². The van der Waals surface area contributed by atoms with E-state index in [0.29, 0.717) is 17.4 Å². The molecule has 2 N–H and O–H groups in total. The highest BCUT2D eigenvalue weighted by Gasteiger charge is 2.18. The smallest absolute Gasteiger partial charge is 0.262 e. The lowest BCUT2D eigenvalue weighted by Gasteiger charge is -2.20. The van der Waals surface area contributed by atoms with Gasteiger partial charge < -0.3 is 15.2 Å².